The number of likely N-dealkylation sites (tertiary alicyclic amines) is 1. The number of carbonyl (C=O) groups is 2. The Kier molecular flexibility index (Phi) is 5.00. The Bertz CT molecular complexity index is 545. The minimum atomic E-state index is -0.484. The van der Waals surface area contributed by atoms with Crippen LogP contribution in [0.3, 0.4) is 0 Å². The second kappa shape index (κ2) is 6.60. The fraction of sp³-hybridized carbons (Fsp3) is 0.714. The highest BCUT2D eigenvalue weighted by Gasteiger charge is 2.29. The summed E-state index contributed by atoms with van der Waals surface area (Å²) in [5, 5.41) is 9.02. The lowest BCUT2D eigenvalue weighted by atomic mass is 9.98. The Morgan fingerprint density at radius 3 is 2.41 bits per heavy atom. The molecule has 0 N–H and O–H groups in total. The van der Waals surface area contributed by atoms with E-state index in [4.69, 9.17) is 4.74 Å². The van der Waals surface area contributed by atoms with Gasteiger partial charge in [0, 0.05) is 19.0 Å². The van der Waals surface area contributed by atoms with Gasteiger partial charge in [0.2, 0.25) is 5.01 Å². The summed E-state index contributed by atoms with van der Waals surface area (Å²) >= 11 is 1.26. The molecule has 0 aromatic carbocycles. The van der Waals surface area contributed by atoms with Gasteiger partial charge in [-0.3, -0.25) is 0 Å². The van der Waals surface area contributed by atoms with Crippen molar-refractivity contribution < 1.29 is 19.1 Å². The molecule has 0 atom stereocenters. The molecule has 122 valence electrons. The number of amides is 1. The van der Waals surface area contributed by atoms with Gasteiger partial charge in [0.1, 0.15) is 10.6 Å². The van der Waals surface area contributed by atoms with E-state index in [9.17, 15) is 9.59 Å². The molecule has 0 bridgehead atoms. The van der Waals surface area contributed by atoms with Gasteiger partial charge < -0.3 is 14.4 Å². The number of esters is 1. The van der Waals surface area contributed by atoms with E-state index in [1.54, 1.807) is 4.90 Å². The Hall–Kier alpha value is -1.70. The number of methoxy groups -OCH3 is 1. The summed E-state index contributed by atoms with van der Waals surface area (Å²) in [5.41, 5.74) is -0.484. The molecule has 1 saturated heterocycles. The fourth-order valence-corrected chi connectivity index (χ4v) is 3.14. The average Bonchev–Trinajstić information content (AvgIpc) is 2.94. The number of nitrogens with zero attached hydrogens (tertiary/aromatic N) is 3. The van der Waals surface area contributed by atoms with Crippen LogP contribution in [0.1, 0.15) is 54.3 Å². The van der Waals surface area contributed by atoms with E-state index >= 15 is 0 Å². The highest BCUT2D eigenvalue weighted by molar-refractivity contribution is 7.13. The van der Waals surface area contributed by atoms with Crippen molar-refractivity contribution in [1.82, 2.24) is 15.1 Å². The minimum Gasteiger partial charge on any atom is -0.464 e. The molecule has 0 radical (unpaired) electrons. The molecule has 1 aliphatic heterocycles. The van der Waals surface area contributed by atoms with Gasteiger partial charge >= 0.3 is 12.1 Å². The first-order valence-electron chi connectivity index (χ1n) is 7.20. The molecule has 0 aliphatic carbocycles. The zero-order chi connectivity index (χ0) is 16.3. The highest BCUT2D eigenvalue weighted by Crippen LogP contribution is 2.30. The largest absolute Gasteiger partial charge is 0.464 e. The van der Waals surface area contributed by atoms with Crippen LogP contribution < -0.4 is 0 Å². The molecule has 1 aromatic heterocycles. The SMILES string of the molecule is COC(=O)c1nnc(C2CCN(C(=O)OC(C)(C)C)CC2)s1. The van der Waals surface area contributed by atoms with Crippen molar-refractivity contribution in [2.75, 3.05) is 20.2 Å². The smallest absolute Gasteiger partial charge is 0.410 e. The van der Waals surface area contributed by atoms with E-state index in [2.05, 4.69) is 14.9 Å². The van der Waals surface area contributed by atoms with Crippen molar-refractivity contribution in [2.45, 2.75) is 45.1 Å². The lowest BCUT2D eigenvalue weighted by molar-refractivity contribution is 0.0204. The second-order valence-electron chi connectivity index (χ2n) is 6.18. The maximum absolute atomic E-state index is 12.0. The number of hydrogen-bond donors (Lipinski definition) is 0. The maximum atomic E-state index is 12.0. The lowest BCUT2D eigenvalue weighted by Gasteiger charge is -2.32. The van der Waals surface area contributed by atoms with Crippen LogP contribution in [0, 0.1) is 0 Å². The molecule has 1 aromatic rings. The molecule has 22 heavy (non-hydrogen) atoms. The van der Waals surface area contributed by atoms with E-state index in [-0.39, 0.29) is 17.0 Å². The molecule has 1 amide bonds. The topological polar surface area (TPSA) is 81.6 Å². The molecule has 2 rings (SSSR count). The van der Waals surface area contributed by atoms with Crippen LogP contribution in [0.4, 0.5) is 4.79 Å². The van der Waals surface area contributed by atoms with Crippen molar-refractivity contribution in [1.29, 1.82) is 0 Å². The third-order valence-electron chi connectivity index (χ3n) is 3.30. The summed E-state index contributed by atoms with van der Waals surface area (Å²) in [6.45, 7) is 6.80. The number of rotatable bonds is 2. The van der Waals surface area contributed by atoms with Gasteiger partial charge in [-0.05, 0) is 33.6 Å². The summed E-state index contributed by atoms with van der Waals surface area (Å²) in [4.78, 5) is 25.1. The predicted molar refractivity (Wildman–Crippen MR) is 81.0 cm³/mol. The van der Waals surface area contributed by atoms with E-state index < -0.39 is 11.6 Å². The first-order chi connectivity index (χ1) is 10.3. The number of hydrogen-bond acceptors (Lipinski definition) is 7. The van der Waals surface area contributed by atoms with Crippen molar-refractivity contribution in [2.24, 2.45) is 0 Å². The van der Waals surface area contributed by atoms with Gasteiger partial charge in [0.05, 0.1) is 7.11 Å². The molecule has 1 aliphatic rings. The first kappa shape index (κ1) is 16.7. The van der Waals surface area contributed by atoms with Gasteiger partial charge in [-0.25, -0.2) is 9.59 Å². The molecule has 2 heterocycles. The number of aromatic nitrogens is 2. The number of ether oxygens (including phenoxy) is 2. The molecule has 0 spiro atoms. The summed E-state index contributed by atoms with van der Waals surface area (Å²) < 4.78 is 10.0. The van der Waals surface area contributed by atoms with Gasteiger partial charge in [-0.1, -0.05) is 11.3 Å². The van der Waals surface area contributed by atoms with Crippen LogP contribution in [0.25, 0.3) is 0 Å². The van der Waals surface area contributed by atoms with Crippen LogP contribution >= 0.6 is 11.3 Å². The Balaban J connectivity index is 1.91. The molecule has 0 unspecified atom stereocenters. The van der Waals surface area contributed by atoms with E-state index in [0.717, 1.165) is 17.8 Å². The van der Waals surface area contributed by atoms with Crippen molar-refractivity contribution in [3.63, 3.8) is 0 Å². The van der Waals surface area contributed by atoms with Gasteiger partial charge in [0.15, 0.2) is 0 Å². The Morgan fingerprint density at radius 1 is 1.23 bits per heavy atom. The zero-order valence-electron chi connectivity index (χ0n) is 13.3. The average molecular weight is 327 g/mol. The fourth-order valence-electron chi connectivity index (χ4n) is 2.20. The van der Waals surface area contributed by atoms with Crippen LogP contribution in [0.2, 0.25) is 0 Å². The molecule has 0 saturated carbocycles. The van der Waals surface area contributed by atoms with Crippen molar-refractivity contribution in [3.8, 4) is 0 Å². The monoisotopic (exact) mass is 327 g/mol. The molecular formula is C14H21N3O4S. The lowest BCUT2D eigenvalue weighted by Crippen LogP contribution is -2.41. The molecular weight excluding hydrogens is 306 g/mol. The van der Waals surface area contributed by atoms with Crippen molar-refractivity contribution in [3.05, 3.63) is 10.0 Å². The van der Waals surface area contributed by atoms with Gasteiger partial charge in [-0.2, -0.15) is 0 Å². The normalized spacial score (nSPS) is 16.5. The van der Waals surface area contributed by atoms with Crippen LogP contribution in [0.15, 0.2) is 0 Å². The molecule has 7 nitrogen and oxygen atoms in total. The number of piperidine rings is 1. The highest BCUT2D eigenvalue weighted by atomic mass is 32.1. The van der Waals surface area contributed by atoms with Gasteiger partial charge in [-0.15, -0.1) is 10.2 Å². The third kappa shape index (κ3) is 4.16. The summed E-state index contributed by atoms with van der Waals surface area (Å²) in [7, 11) is 1.32. The summed E-state index contributed by atoms with van der Waals surface area (Å²) in [5.74, 6) is -0.246. The van der Waals surface area contributed by atoms with Crippen LogP contribution in [0.5, 0.6) is 0 Å². The first-order valence-corrected chi connectivity index (χ1v) is 8.01. The van der Waals surface area contributed by atoms with Crippen LogP contribution in [-0.2, 0) is 9.47 Å². The van der Waals surface area contributed by atoms with E-state index in [0.29, 0.717) is 13.1 Å². The zero-order valence-corrected chi connectivity index (χ0v) is 14.1. The third-order valence-corrected chi connectivity index (χ3v) is 4.36. The van der Waals surface area contributed by atoms with Crippen LogP contribution in [-0.4, -0.2) is 53.0 Å². The summed E-state index contributed by atoms with van der Waals surface area (Å²) in [6, 6.07) is 0. The maximum Gasteiger partial charge on any atom is 0.410 e. The standard InChI is InChI=1S/C14H21N3O4S/c1-14(2,3)21-13(19)17-7-5-9(6-8-17)10-15-16-11(22-10)12(18)20-4/h9H,5-8H2,1-4H3. The number of carbonyl (C=O) groups excluding carboxylic acids is 2. The van der Waals surface area contributed by atoms with Crippen molar-refractivity contribution >= 4 is 23.4 Å². The second-order valence-corrected chi connectivity index (χ2v) is 7.19. The Labute approximate surface area is 133 Å². The summed E-state index contributed by atoms with van der Waals surface area (Å²) in [6.07, 6.45) is 1.29. The molecule has 1 fully saturated rings. The van der Waals surface area contributed by atoms with Gasteiger partial charge in [0.25, 0.3) is 0 Å². The minimum absolute atomic E-state index is 0.217. The Morgan fingerprint density at radius 2 is 1.86 bits per heavy atom. The molecule has 8 heteroatoms. The quantitative estimate of drug-likeness (QED) is 0.776. The predicted octanol–water partition coefficient (Wildman–Crippen LogP) is 2.44. The van der Waals surface area contributed by atoms with E-state index in [1.165, 1.54) is 18.4 Å². The van der Waals surface area contributed by atoms with E-state index in [1.807, 2.05) is 20.8 Å².